The lowest BCUT2D eigenvalue weighted by atomic mass is 10.2. The zero-order chi connectivity index (χ0) is 18.2. The maximum atomic E-state index is 12.1. The fraction of sp³-hybridized carbons (Fsp3) is 0.263. The number of rotatable bonds is 8. The molecule has 0 saturated heterocycles. The van der Waals surface area contributed by atoms with Crippen molar-refractivity contribution in [1.29, 1.82) is 0 Å². The number of amides is 1. The van der Waals surface area contributed by atoms with Gasteiger partial charge in [-0.25, -0.2) is 4.68 Å². The summed E-state index contributed by atoms with van der Waals surface area (Å²) in [6.45, 7) is 8.02. The van der Waals surface area contributed by atoms with Crippen LogP contribution < -0.4 is 14.8 Å². The summed E-state index contributed by atoms with van der Waals surface area (Å²) >= 11 is 0. The van der Waals surface area contributed by atoms with Gasteiger partial charge in [-0.2, -0.15) is 5.10 Å². The number of nitrogens with one attached hydrogen (secondary N) is 1. The molecule has 0 bridgehead atoms. The van der Waals surface area contributed by atoms with E-state index in [4.69, 9.17) is 9.47 Å². The molecule has 0 aliphatic heterocycles. The van der Waals surface area contributed by atoms with Crippen molar-refractivity contribution < 1.29 is 14.3 Å². The van der Waals surface area contributed by atoms with Crippen molar-refractivity contribution in [2.24, 2.45) is 0 Å². The van der Waals surface area contributed by atoms with Gasteiger partial charge in [0, 0.05) is 18.2 Å². The number of carbonyl (C=O) groups excluding carboxylic acids is 1. The second-order valence-electron chi connectivity index (χ2n) is 5.59. The van der Waals surface area contributed by atoms with E-state index < -0.39 is 0 Å². The molecular formula is C19H23N3O3. The normalized spacial score (nSPS) is 10.9. The van der Waals surface area contributed by atoms with Crippen molar-refractivity contribution in [2.75, 3.05) is 19.0 Å². The number of anilines is 1. The SMILES string of the molecule is C=CCOc1ccc(C=CC(=O)Nc2ccnn2C(C)C)cc1OC. The summed E-state index contributed by atoms with van der Waals surface area (Å²) in [4.78, 5) is 12.1. The molecule has 1 N–H and O–H groups in total. The summed E-state index contributed by atoms with van der Waals surface area (Å²) in [5.74, 6) is 1.66. The molecule has 0 atom stereocenters. The Morgan fingerprint density at radius 1 is 1.36 bits per heavy atom. The second kappa shape index (κ2) is 8.73. The first-order chi connectivity index (χ1) is 12.0. The van der Waals surface area contributed by atoms with Crippen LogP contribution in [0.3, 0.4) is 0 Å². The number of hydrogen-bond donors (Lipinski definition) is 1. The summed E-state index contributed by atoms with van der Waals surface area (Å²) in [5.41, 5.74) is 0.829. The fourth-order valence-electron chi connectivity index (χ4n) is 2.22. The van der Waals surface area contributed by atoms with Gasteiger partial charge in [-0.3, -0.25) is 4.79 Å². The molecule has 0 radical (unpaired) electrons. The molecule has 6 nitrogen and oxygen atoms in total. The number of benzene rings is 1. The maximum absolute atomic E-state index is 12.1. The summed E-state index contributed by atoms with van der Waals surface area (Å²) in [6.07, 6.45) is 6.51. The Kier molecular flexibility index (Phi) is 6.39. The average Bonchev–Trinajstić information content (AvgIpc) is 3.06. The number of aromatic nitrogens is 2. The van der Waals surface area contributed by atoms with Gasteiger partial charge >= 0.3 is 0 Å². The highest BCUT2D eigenvalue weighted by Crippen LogP contribution is 2.28. The van der Waals surface area contributed by atoms with Crippen LogP contribution in [0.1, 0.15) is 25.5 Å². The largest absolute Gasteiger partial charge is 0.493 e. The Bertz CT molecular complexity index is 763. The molecular weight excluding hydrogens is 318 g/mol. The highest BCUT2D eigenvalue weighted by Gasteiger charge is 2.08. The quantitative estimate of drug-likeness (QED) is 0.587. The van der Waals surface area contributed by atoms with Crippen molar-refractivity contribution in [1.82, 2.24) is 9.78 Å². The third kappa shape index (κ3) is 4.97. The second-order valence-corrected chi connectivity index (χ2v) is 5.59. The van der Waals surface area contributed by atoms with E-state index in [9.17, 15) is 4.79 Å². The minimum atomic E-state index is -0.228. The van der Waals surface area contributed by atoms with E-state index in [0.29, 0.717) is 23.9 Å². The van der Waals surface area contributed by atoms with E-state index >= 15 is 0 Å². The molecule has 132 valence electrons. The van der Waals surface area contributed by atoms with Crippen molar-refractivity contribution in [2.45, 2.75) is 19.9 Å². The topological polar surface area (TPSA) is 65.4 Å². The van der Waals surface area contributed by atoms with Gasteiger partial charge in [-0.1, -0.05) is 18.7 Å². The lowest BCUT2D eigenvalue weighted by Crippen LogP contribution is -2.14. The van der Waals surface area contributed by atoms with Crippen molar-refractivity contribution in [3.05, 3.63) is 54.8 Å². The van der Waals surface area contributed by atoms with Crippen LogP contribution in [0.2, 0.25) is 0 Å². The molecule has 0 saturated carbocycles. The van der Waals surface area contributed by atoms with Gasteiger partial charge in [-0.15, -0.1) is 0 Å². The van der Waals surface area contributed by atoms with Gasteiger partial charge in [0.2, 0.25) is 5.91 Å². The van der Waals surface area contributed by atoms with Gasteiger partial charge in [0.05, 0.1) is 13.3 Å². The van der Waals surface area contributed by atoms with Gasteiger partial charge in [-0.05, 0) is 37.6 Å². The first-order valence-electron chi connectivity index (χ1n) is 7.99. The molecule has 0 aliphatic rings. The van der Waals surface area contributed by atoms with E-state index in [2.05, 4.69) is 17.0 Å². The summed E-state index contributed by atoms with van der Waals surface area (Å²) < 4.78 is 12.6. The average molecular weight is 341 g/mol. The Balaban J connectivity index is 2.06. The van der Waals surface area contributed by atoms with E-state index in [1.54, 1.807) is 48.3 Å². The predicted molar refractivity (Wildman–Crippen MR) is 99.0 cm³/mol. The molecule has 0 unspecified atom stereocenters. The standard InChI is InChI=1S/C19H23N3O3/c1-5-12-25-16-8-6-15(13-17(16)24-4)7-9-19(23)21-18-10-11-20-22(18)14(2)3/h5-11,13-14H,1,12H2,2-4H3,(H,21,23). The third-order valence-electron chi connectivity index (χ3n) is 3.38. The smallest absolute Gasteiger partial charge is 0.249 e. The maximum Gasteiger partial charge on any atom is 0.249 e. The Morgan fingerprint density at radius 2 is 2.16 bits per heavy atom. The predicted octanol–water partition coefficient (Wildman–Crippen LogP) is 3.69. The fourth-order valence-corrected chi connectivity index (χ4v) is 2.22. The molecule has 6 heteroatoms. The van der Waals surface area contributed by atoms with Crippen LogP contribution in [0, 0.1) is 0 Å². The molecule has 1 aromatic carbocycles. The lowest BCUT2D eigenvalue weighted by molar-refractivity contribution is -0.111. The Morgan fingerprint density at radius 3 is 2.84 bits per heavy atom. The monoisotopic (exact) mass is 341 g/mol. The molecule has 1 amide bonds. The van der Waals surface area contributed by atoms with Crippen LogP contribution in [0.4, 0.5) is 5.82 Å². The number of nitrogens with zero attached hydrogens (tertiary/aromatic N) is 2. The van der Waals surface area contributed by atoms with E-state index in [-0.39, 0.29) is 11.9 Å². The number of carbonyl (C=O) groups is 1. The molecule has 2 aromatic rings. The first-order valence-corrected chi connectivity index (χ1v) is 7.99. The zero-order valence-electron chi connectivity index (χ0n) is 14.7. The Labute approximate surface area is 147 Å². The molecule has 1 heterocycles. The van der Waals surface area contributed by atoms with E-state index in [0.717, 1.165) is 5.56 Å². The van der Waals surface area contributed by atoms with Gasteiger partial charge in [0.1, 0.15) is 12.4 Å². The molecule has 0 fully saturated rings. The van der Waals surface area contributed by atoms with Crippen LogP contribution in [-0.2, 0) is 4.79 Å². The van der Waals surface area contributed by atoms with Crippen molar-refractivity contribution in [3.63, 3.8) is 0 Å². The van der Waals surface area contributed by atoms with Crippen molar-refractivity contribution in [3.8, 4) is 11.5 Å². The van der Waals surface area contributed by atoms with Crippen LogP contribution >= 0.6 is 0 Å². The highest BCUT2D eigenvalue weighted by molar-refractivity contribution is 6.01. The number of hydrogen-bond acceptors (Lipinski definition) is 4. The van der Waals surface area contributed by atoms with Crippen LogP contribution in [0.5, 0.6) is 11.5 Å². The summed E-state index contributed by atoms with van der Waals surface area (Å²) in [7, 11) is 1.57. The van der Waals surface area contributed by atoms with Crippen LogP contribution in [0.15, 0.2) is 49.2 Å². The van der Waals surface area contributed by atoms with Crippen molar-refractivity contribution >= 4 is 17.8 Å². The highest BCUT2D eigenvalue weighted by atomic mass is 16.5. The van der Waals surface area contributed by atoms with Gasteiger partial charge in [0.15, 0.2) is 11.5 Å². The third-order valence-corrected chi connectivity index (χ3v) is 3.38. The number of ether oxygens (including phenoxy) is 2. The molecule has 0 spiro atoms. The molecule has 1 aromatic heterocycles. The molecule has 0 aliphatic carbocycles. The minimum absolute atomic E-state index is 0.168. The van der Waals surface area contributed by atoms with Crippen LogP contribution in [0.25, 0.3) is 6.08 Å². The summed E-state index contributed by atoms with van der Waals surface area (Å²) in [5, 5.41) is 7.00. The first kappa shape index (κ1) is 18.3. The van der Waals surface area contributed by atoms with Gasteiger partial charge in [0.25, 0.3) is 0 Å². The van der Waals surface area contributed by atoms with Crippen LogP contribution in [-0.4, -0.2) is 29.4 Å². The minimum Gasteiger partial charge on any atom is -0.493 e. The summed E-state index contributed by atoms with van der Waals surface area (Å²) in [6, 6.07) is 7.39. The van der Waals surface area contributed by atoms with Gasteiger partial charge < -0.3 is 14.8 Å². The zero-order valence-corrected chi connectivity index (χ0v) is 14.7. The van der Waals surface area contributed by atoms with E-state index in [1.165, 1.54) is 6.08 Å². The lowest BCUT2D eigenvalue weighted by Gasteiger charge is -2.11. The number of methoxy groups -OCH3 is 1. The molecule has 2 rings (SSSR count). The Hall–Kier alpha value is -3.02. The van der Waals surface area contributed by atoms with E-state index in [1.807, 2.05) is 19.9 Å². The molecule has 25 heavy (non-hydrogen) atoms.